The zero-order valence-corrected chi connectivity index (χ0v) is 6.71. The highest BCUT2D eigenvalue weighted by molar-refractivity contribution is 5.86. The molecule has 3 N–H and O–H groups in total. The lowest BCUT2D eigenvalue weighted by Crippen LogP contribution is -2.39. The number of amides is 2. The number of nitrogens with one attached hydrogen (secondary N) is 1. The molecule has 1 aliphatic rings. The van der Waals surface area contributed by atoms with Crippen molar-refractivity contribution in [2.45, 2.75) is 18.9 Å². The number of ether oxygens (including phenoxy) is 1. The SMILES string of the molecule is NC(=O)CNC(=O)[C@@H]1CCCO1. The molecule has 0 saturated carbocycles. The van der Waals surface area contributed by atoms with Crippen LogP contribution in [0.1, 0.15) is 12.8 Å². The molecule has 2 amide bonds. The van der Waals surface area contributed by atoms with E-state index >= 15 is 0 Å². The first-order chi connectivity index (χ1) is 5.70. The fraction of sp³-hybridized carbons (Fsp3) is 0.714. The van der Waals surface area contributed by atoms with Crippen molar-refractivity contribution < 1.29 is 14.3 Å². The summed E-state index contributed by atoms with van der Waals surface area (Å²) in [6.45, 7) is 0.507. The summed E-state index contributed by atoms with van der Waals surface area (Å²) >= 11 is 0. The van der Waals surface area contributed by atoms with Crippen molar-refractivity contribution in [3.63, 3.8) is 0 Å². The summed E-state index contributed by atoms with van der Waals surface area (Å²) in [6, 6.07) is 0. The van der Waals surface area contributed by atoms with E-state index in [1.165, 1.54) is 0 Å². The predicted molar refractivity (Wildman–Crippen MR) is 41.2 cm³/mol. The van der Waals surface area contributed by atoms with E-state index < -0.39 is 5.91 Å². The van der Waals surface area contributed by atoms with Crippen LogP contribution >= 0.6 is 0 Å². The second-order valence-electron chi connectivity index (χ2n) is 2.69. The van der Waals surface area contributed by atoms with Crippen molar-refractivity contribution in [3.05, 3.63) is 0 Å². The molecule has 5 nitrogen and oxygen atoms in total. The third kappa shape index (κ3) is 2.50. The Balaban J connectivity index is 2.23. The van der Waals surface area contributed by atoms with Gasteiger partial charge in [0.2, 0.25) is 11.8 Å². The largest absolute Gasteiger partial charge is 0.368 e. The molecule has 0 bridgehead atoms. The third-order valence-corrected chi connectivity index (χ3v) is 1.66. The van der Waals surface area contributed by atoms with Crippen LogP contribution in [0.5, 0.6) is 0 Å². The topological polar surface area (TPSA) is 81.4 Å². The Kier molecular flexibility index (Phi) is 3.04. The van der Waals surface area contributed by atoms with Crippen LogP contribution in [0.4, 0.5) is 0 Å². The first-order valence-electron chi connectivity index (χ1n) is 3.88. The van der Waals surface area contributed by atoms with E-state index in [1.54, 1.807) is 0 Å². The van der Waals surface area contributed by atoms with Crippen molar-refractivity contribution in [1.82, 2.24) is 5.32 Å². The lowest BCUT2D eigenvalue weighted by molar-refractivity contribution is -0.131. The van der Waals surface area contributed by atoms with Crippen LogP contribution in [0.2, 0.25) is 0 Å². The summed E-state index contributed by atoms with van der Waals surface area (Å²) in [5.41, 5.74) is 4.84. The molecular formula is C7H12N2O3. The summed E-state index contributed by atoms with van der Waals surface area (Å²) in [6.07, 6.45) is 1.24. The van der Waals surface area contributed by atoms with Gasteiger partial charge in [0.25, 0.3) is 0 Å². The van der Waals surface area contributed by atoms with Gasteiger partial charge >= 0.3 is 0 Å². The molecule has 1 saturated heterocycles. The average molecular weight is 172 g/mol. The van der Waals surface area contributed by atoms with Gasteiger partial charge in [-0.1, -0.05) is 0 Å². The molecule has 0 aromatic carbocycles. The van der Waals surface area contributed by atoms with E-state index in [1.807, 2.05) is 0 Å². The Hall–Kier alpha value is -1.10. The minimum absolute atomic E-state index is 0.112. The molecule has 1 fully saturated rings. The summed E-state index contributed by atoms with van der Waals surface area (Å²) < 4.78 is 5.08. The van der Waals surface area contributed by atoms with Crippen molar-refractivity contribution in [3.8, 4) is 0 Å². The summed E-state index contributed by atoms with van der Waals surface area (Å²) in [7, 11) is 0. The number of primary amides is 1. The number of rotatable bonds is 3. The third-order valence-electron chi connectivity index (χ3n) is 1.66. The molecule has 68 valence electrons. The van der Waals surface area contributed by atoms with Gasteiger partial charge in [0, 0.05) is 6.61 Å². The lowest BCUT2D eigenvalue weighted by atomic mass is 10.2. The highest BCUT2D eigenvalue weighted by Gasteiger charge is 2.23. The maximum absolute atomic E-state index is 11.1. The monoisotopic (exact) mass is 172 g/mol. The van der Waals surface area contributed by atoms with Crippen molar-refractivity contribution in [2.24, 2.45) is 5.73 Å². The zero-order chi connectivity index (χ0) is 8.97. The minimum atomic E-state index is -0.540. The fourth-order valence-corrected chi connectivity index (χ4v) is 1.07. The second-order valence-corrected chi connectivity index (χ2v) is 2.69. The Labute approximate surface area is 70.2 Å². The fourth-order valence-electron chi connectivity index (χ4n) is 1.07. The van der Waals surface area contributed by atoms with Gasteiger partial charge in [-0.05, 0) is 12.8 Å². The van der Waals surface area contributed by atoms with Crippen LogP contribution in [0.3, 0.4) is 0 Å². The molecule has 0 aromatic rings. The number of carbonyl (C=O) groups is 2. The van der Waals surface area contributed by atoms with Crippen LogP contribution in [0.15, 0.2) is 0 Å². The number of nitrogens with two attached hydrogens (primary N) is 1. The van der Waals surface area contributed by atoms with Gasteiger partial charge in [-0.3, -0.25) is 9.59 Å². The zero-order valence-electron chi connectivity index (χ0n) is 6.71. The summed E-state index contributed by atoms with van der Waals surface area (Å²) in [5.74, 6) is -0.785. The minimum Gasteiger partial charge on any atom is -0.368 e. The average Bonchev–Trinajstić information content (AvgIpc) is 2.51. The molecule has 0 aliphatic carbocycles. The van der Waals surface area contributed by atoms with Crippen LogP contribution in [-0.2, 0) is 14.3 Å². The molecule has 1 rings (SSSR count). The molecule has 12 heavy (non-hydrogen) atoms. The molecule has 0 radical (unpaired) electrons. The van der Waals surface area contributed by atoms with E-state index in [4.69, 9.17) is 10.5 Å². The normalized spacial score (nSPS) is 22.2. The Morgan fingerprint density at radius 2 is 2.33 bits per heavy atom. The van der Waals surface area contributed by atoms with Crippen molar-refractivity contribution in [1.29, 1.82) is 0 Å². The van der Waals surface area contributed by atoms with Gasteiger partial charge < -0.3 is 15.8 Å². The standard InChI is InChI=1S/C7H12N2O3/c8-6(10)4-9-7(11)5-2-1-3-12-5/h5H,1-4H2,(H2,8,10)(H,9,11)/t5-/m0/s1. The molecule has 1 atom stereocenters. The maximum Gasteiger partial charge on any atom is 0.249 e. The summed E-state index contributed by atoms with van der Waals surface area (Å²) in [5, 5.41) is 2.39. The van der Waals surface area contributed by atoms with Crippen LogP contribution in [0, 0.1) is 0 Å². The van der Waals surface area contributed by atoms with E-state index in [2.05, 4.69) is 5.32 Å². The Morgan fingerprint density at radius 3 is 2.83 bits per heavy atom. The highest BCUT2D eigenvalue weighted by Crippen LogP contribution is 2.11. The van der Waals surface area contributed by atoms with Crippen molar-refractivity contribution in [2.75, 3.05) is 13.2 Å². The van der Waals surface area contributed by atoms with Gasteiger partial charge in [-0.25, -0.2) is 0 Å². The first kappa shape index (κ1) is 8.99. The molecule has 0 aromatic heterocycles. The van der Waals surface area contributed by atoms with E-state index in [0.717, 1.165) is 12.8 Å². The van der Waals surface area contributed by atoms with Gasteiger partial charge in [0.05, 0.1) is 6.54 Å². The number of hydrogen-bond donors (Lipinski definition) is 2. The second kappa shape index (κ2) is 4.06. The van der Waals surface area contributed by atoms with Gasteiger partial charge in [-0.15, -0.1) is 0 Å². The van der Waals surface area contributed by atoms with Crippen molar-refractivity contribution >= 4 is 11.8 Å². The maximum atomic E-state index is 11.1. The number of hydrogen-bond acceptors (Lipinski definition) is 3. The molecule has 1 aliphatic heterocycles. The summed E-state index contributed by atoms with van der Waals surface area (Å²) in [4.78, 5) is 21.4. The van der Waals surface area contributed by atoms with Crippen LogP contribution < -0.4 is 11.1 Å². The molecule has 5 heteroatoms. The number of carbonyl (C=O) groups excluding carboxylic acids is 2. The quantitative estimate of drug-likeness (QED) is 0.559. The molecular weight excluding hydrogens is 160 g/mol. The Bertz CT molecular complexity index is 187. The van der Waals surface area contributed by atoms with E-state index in [9.17, 15) is 9.59 Å². The lowest BCUT2D eigenvalue weighted by Gasteiger charge is -2.08. The van der Waals surface area contributed by atoms with E-state index in [-0.39, 0.29) is 18.6 Å². The highest BCUT2D eigenvalue weighted by atomic mass is 16.5. The Morgan fingerprint density at radius 1 is 1.58 bits per heavy atom. The molecule has 1 heterocycles. The molecule has 0 unspecified atom stereocenters. The van der Waals surface area contributed by atoms with Gasteiger partial charge in [0.1, 0.15) is 6.10 Å². The first-order valence-corrected chi connectivity index (χ1v) is 3.88. The van der Waals surface area contributed by atoms with E-state index in [0.29, 0.717) is 6.61 Å². The molecule has 0 spiro atoms. The van der Waals surface area contributed by atoms with Gasteiger partial charge in [0.15, 0.2) is 0 Å². The van der Waals surface area contributed by atoms with Crippen LogP contribution in [0.25, 0.3) is 0 Å². The predicted octanol–water partition coefficient (Wildman–Crippen LogP) is -1.23. The van der Waals surface area contributed by atoms with Crippen LogP contribution in [-0.4, -0.2) is 31.1 Å². The smallest absolute Gasteiger partial charge is 0.249 e. The van der Waals surface area contributed by atoms with Gasteiger partial charge in [-0.2, -0.15) is 0 Å².